The molecule has 1 aromatic rings. The van der Waals surface area contributed by atoms with Gasteiger partial charge in [-0.3, -0.25) is 4.79 Å². The second-order valence-corrected chi connectivity index (χ2v) is 2.37. The number of carbonyl (C=O) groups is 1. The lowest BCUT2D eigenvalue weighted by Crippen LogP contribution is -2.15. The van der Waals surface area contributed by atoms with Crippen LogP contribution in [0.1, 0.15) is 5.56 Å². The van der Waals surface area contributed by atoms with E-state index in [2.05, 4.69) is 0 Å². The van der Waals surface area contributed by atoms with Gasteiger partial charge in [0.2, 0.25) is 0 Å². The number of hydrogen-bond donors (Lipinski definition) is 0. The summed E-state index contributed by atoms with van der Waals surface area (Å²) in [5.74, 6) is -6.40. The van der Waals surface area contributed by atoms with Gasteiger partial charge >= 0.3 is 5.92 Å². The maximum Gasteiger partial charge on any atom is 0.327 e. The molecule has 0 aromatic heterocycles. The average molecular weight is 192 g/mol. The standard InChI is InChI=1S/C8H4F4O/c9-6-2-1-5(3-7(6)10)8(11,12)4-13/h1-4H. The van der Waals surface area contributed by atoms with E-state index in [1.807, 2.05) is 0 Å². The Kier molecular flexibility index (Phi) is 2.36. The van der Waals surface area contributed by atoms with Gasteiger partial charge in [0.25, 0.3) is 0 Å². The summed E-state index contributed by atoms with van der Waals surface area (Å²) in [5, 5.41) is 0. The van der Waals surface area contributed by atoms with E-state index in [0.29, 0.717) is 18.2 Å². The molecule has 1 nitrogen and oxygen atoms in total. The predicted molar refractivity (Wildman–Crippen MR) is 36.3 cm³/mol. The van der Waals surface area contributed by atoms with E-state index in [4.69, 9.17) is 0 Å². The molecular weight excluding hydrogens is 188 g/mol. The van der Waals surface area contributed by atoms with Crippen molar-refractivity contribution >= 4 is 6.29 Å². The van der Waals surface area contributed by atoms with E-state index in [1.165, 1.54) is 0 Å². The molecular formula is C8H4F4O. The second kappa shape index (κ2) is 3.16. The summed E-state index contributed by atoms with van der Waals surface area (Å²) in [7, 11) is 0. The summed E-state index contributed by atoms with van der Waals surface area (Å²) >= 11 is 0. The SMILES string of the molecule is O=CC(F)(F)c1ccc(F)c(F)c1. The van der Waals surface area contributed by atoms with Crippen molar-refractivity contribution in [2.75, 3.05) is 0 Å². The number of hydrogen-bond acceptors (Lipinski definition) is 1. The average Bonchev–Trinajstić information content (AvgIpc) is 2.09. The Morgan fingerprint density at radius 1 is 1.15 bits per heavy atom. The molecule has 13 heavy (non-hydrogen) atoms. The quantitative estimate of drug-likeness (QED) is 0.518. The maximum absolute atomic E-state index is 12.5. The Morgan fingerprint density at radius 2 is 1.77 bits per heavy atom. The van der Waals surface area contributed by atoms with E-state index in [0.717, 1.165) is 0 Å². The fraction of sp³-hybridized carbons (Fsp3) is 0.125. The number of rotatable bonds is 2. The molecule has 0 spiro atoms. The van der Waals surface area contributed by atoms with Gasteiger partial charge in [0, 0.05) is 5.56 Å². The topological polar surface area (TPSA) is 17.1 Å². The first-order valence-corrected chi connectivity index (χ1v) is 3.27. The Bertz CT molecular complexity index is 335. The van der Waals surface area contributed by atoms with Crippen LogP contribution in [0.5, 0.6) is 0 Å². The highest BCUT2D eigenvalue weighted by Gasteiger charge is 2.31. The van der Waals surface area contributed by atoms with Crippen molar-refractivity contribution in [3.8, 4) is 0 Å². The third kappa shape index (κ3) is 1.85. The molecule has 0 radical (unpaired) electrons. The van der Waals surface area contributed by atoms with E-state index in [-0.39, 0.29) is 0 Å². The lowest BCUT2D eigenvalue weighted by Gasteiger charge is -2.08. The van der Waals surface area contributed by atoms with Crippen molar-refractivity contribution in [2.45, 2.75) is 5.92 Å². The molecule has 0 aliphatic rings. The van der Waals surface area contributed by atoms with Gasteiger partial charge in [-0.05, 0) is 18.2 Å². The number of aldehydes is 1. The molecule has 0 unspecified atom stereocenters. The first kappa shape index (κ1) is 9.70. The van der Waals surface area contributed by atoms with Crippen LogP contribution in [0.15, 0.2) is 18.2 Å². The van der Waals surface area contributed by atoms with Gasteiger partial charge in [0.1, 0.15) is 0 Å². The first-order chi connectivity index (χ1) is 5.97. The maximum atomic E-state index is 12.5. The van der Waals surface area contributed by atoms with Crippen molar-refractivity contribution in [3.05, 3.63) is 35.4 Å². The molecule has 70 valence electrons. The van der Waals surface area contributed by atoms with Crippen molar-refractivity contribution in [3.63, 3.8) is 0 Å². The molecule has 1 rings (SSSR count). The number of carbonyl (C=O) groups excluding carboxylic acids is 1. The van der Waals surface area contributed by atoms with E-state index in [9.17, 15) is 22.4 Å². The van der Waals surface area contributed by atoms with Crippen molar-refractivity contribution < 1.29 is 22.4 Å². The highest BCUT2D eigenvalue weighted by Crippen LogP contribution is 2.26. The zero-order valence-corrected chi connectivity index (χ0v) is 6.23. The molecule has 0 heterocycles. The fourth-order valence-electron chi connectivity index (χ4n) is 0.772. The monoisotopic (exact) mass is 192 g/mol. The third-order valence-corrected chi connectivity index (χ3v) is 1.45. The molecule has 1 aromatic carbocycles. The summed E-state index contributed by atoms with van der Waals surface area (Å²) in [4.78, 5) is 9.86. The summed E-state index contributed by atoms with van der Waals surface area (Å²) in [6.45, 7) is 0. The molecule has 0 atom stereocenters. The zero-order chi connectivity index (χ0) is 10.1. The van der Waals surface area contributed by atoms with Crippen LogP contribution in [0.3, 0.4) is 0 Å². The third-order valence-electron chi connectivity index (χ3n) is 1.45. The summed E-state index contributed by atoms with van der Waals surface area (Å²) in [6, 6.07) is 1.50. The Hall–Kier alpha value is -1.39. The van der Waals surface area contributed by atoms with Gasteiger partial charge in [0.15, 0.2) is 17.9 Å². The first-order valence-electron chi connectivity index (χ1n) is 3.27. The molecule has 0 saturated heterocycles. The largest absolute Gasteiger partial charge is 0.327 e. The lowest BCUT2D eigenvalue weighted by atomic mass is 10.1. The summed E-state index contributed by atoms with van der Waals surface area (Å²) in [6.07, 6.45) is -0.625. The molecule has 0 bridgehead atoms. The van der Waals surface area contributed by atoms with Gasteiger partial charge in [0.05, 0.1) is 0 Å². The van der Waals surface area contributed by atoms with Crippen LogP contribution in [0, 0.1) is 11.6 Å². The van der Waals surface area contributed by atoms with Crippen LogP contribution in [-0.4, -0.2) is 6.29 Å². The van der Waals surface area contributed by atoms with Crippen LogP contribution in [0.4, 0.5) is 17.6 Å². The predicted octanol–water partition coefficient (Wildman–Crippen LogP) is 2.26. The van der Waals surface area contributed by atoms with Gasteiger partial charge in [-0.1, -0.05) is 0 Å². The van der Waals surface area contributed by atoms with Crippen LogP contribution in [0.2, 0.25) is 0 Å². The Morgan fingerprint density at radius 3 is 2.23 bits per heavy atom. The highest BCUT2D eigenvalue weighted by molar-refractivity contribution is 5.63. The van der Waals surface area contributed by atoms with Crippen LogP contribution < -0.4 is 0 Å². The summed E-state index contributed by atoms with van der Waals surface area (Å²) in [5.41, 5.74) is -0.860. The smallest absolute Gasteiger partial charge is 0.296 e. The van der Waals surface area contributed by atoms with Gasteiger partial charge in [-0.25, -0.2) is 8.78 Å². The molecule has 0 fully saturated rings. The minimum absolute atomic E-state index is 0.295. The molecule has 0 saturated carbocycles. The van der Waals surface area contributed by atoms with E-state index >= 15 is 0 Å². The highest BCUT2D eigenvalue weighted by atomic mass is 19.3. The second-order valence-electron chi connectivity index (χ2n) is 2.37. The van der Waals surface area contributed by atoms with Crippen LogP contribution >= 0.6 is 0 Å². The van der Waals surface area contributed by atoms with E-state index < -0.39 is 29.4 Å². The molecule has 0 amide bonds. The zero-order valence-electron chi connectivity index (χ0n) is 6.23. The minimum Gasteiger partial charge on any atom is -0.296 e. The number of alkyl halides is 2. The van der Waals surface area contributed by atoms with Crippen LogP contribution in [-0.2, 0) is 10.7 Å². The van der Waals surface area contributed by atoms with Crippen molar-refractivity contribution in [1.29, 1.82) is 0 Å². The molecule has 0 aliphatic heterocycles. The van der Waals surface area contributed by atoms with Crippen molar-refractivity contribution in [2.24, 2.45) is 0 Å². The Balaban J connectivity index is 3.18. The number of benzene rings is 1. The lowest BCUT2D eigenvalue weighted by molar-refractivity contribution is -0.130. The molecule has 0 N–H and O–H groups in total. The van der Waals surface area contributed by atoms with Gasteiger partial charge < -0.3 is 0 Å². The normalized spacial score (nSPS) is 11.4. The molecule has 0 aliphatic carbocycles. The van der Waals surface area contributed by atoms with Gasteiger partial charge in [-0.2, -0.15) is 8.78 Å². The summed E-state index contributed by atoms with van der Waals surface area (Å²) < 4.78 is 49.8. The van der Waals surface area contributed by atoms with Crippen LogP contribution in [0.25, 0.3) is 0 Å². The van der Waals surface area contributed by atoms with E-state index in [1.54, 1.807) is 0 Å². The minimum atomic E-state index is -3.77. The number of halogens is 4. The van der Waals surface area contributed by atoms with Gasteiger partial charge in [-0.15, -0.1) is 0 Å². The fourth-order valence-corrected chi connectivity index (χ4v) is 0.772. The Labute approximate surface area is 71.0 Å². The molecule has 5 heteroatoms. The van der Waals surface area contributed by atoms with Crippen molar-refractivity contribution in [1.82, 2.24) is 0 Å².